The van der Waals surface area contributed by atoms with Crippen LogP contribution in [0.3, 0.4) is 0 Å². The molecule has 7 heteroatoms. The van der Waals surface area contributed by atoms with Gasteiger partial charge >= 0.3 is 0 Å². The second-order valence-electron chi connectivity index (χ2n) is 5.56. The number of hydrogen-bond acceptors (Lipinski definition) is 4. The van der Waals surface area contributed by atoms with E-state index in [1.807, 2.05) is 13.8 Å². The molecule has 1 fully saturated rings. The first-order valence-corrected chi connectivity index (χ1v) is 8.80. The van der Waals surface area contributed by atoms with Crippen molar-refractivity contribution in [1.29, 1.82) is 0 Å². The summed E-state index contributed by atoms with van der Waals surface area (Å²) in [5.74, 6) is -0.150. The third kappa shape index (κ3) is 3.79. The van der Waals surface area contributed by atoms with Crippen molar-refractivity contribution >= 4 is 27.2 Å². The summed E-state index contributed by atoms with van der Waals surface area (Å²) in [6, 6.07) is 7.02. The molecule has 2 atom stereocenters. The van der Waals surface area contributed by atoms with Crippen LogP contribution in [0.15, 0.2) is 24.3 Å². The van der Waals surface area contributed by atoms with Gasteiger partial charge in [0.05, 0.1) is 17.4 Å². The van der Waals surface area contributed by atoms with Crippen LogP contribution in [0.5, 0.6) is 0 Å². The minimum atomic E-state index is -3.51. The molecule has 1 aromatic rings. The molecule has 0 bridgehead atoms. The molecular weight excluding hydrogens is 308 g/mol. The predicted molar refractivity (Wildman–Crippen MR) is 86.5 cm³/mol. The van der Waals surface area contributed by atoms with E-state index in [-0.39, 0.29) is 16.8 Å². The summed E-state index contributed by atoms with van der Waals surface area (Å²) in [7, 11) is -3.51. The van der Waals surface area contributed by atoms with E-state index in [0.717, 1.165) is 0 Å². The van der Waals surface area contributed by atoms with E-state index in [9.17, 15) is 8.42 Å². The fourth-order valence-electron chi connectivity index (χ4n) is 2.45. The zero-order valence-corrected chi connectivity index (χ0v) is 13.8. The Balaban J connectivity index is 2.21. The maximum atomic E-state index is 12.4. The Hall–Kier alpha value is -1.02. The molecule has 5 nitrogen and oxygen atoms in total. The molecule has 116 valence electrons. The smallest absolute Gasteiger partial charge is 0.216 e. The summed E-state index contributed by atoms with van der Waals surface area (Å²) in [6.45, 7) is 4.30. The first-order chi connectivity index (χ1) is 9.73. The maximum absolute atomic E-state index is 12.4. The second-order valence-corrected chi connectivity index (χ2v) is 7.73. The lowest BCUT2D eigenvalue weighted by molar-refractivity contribution is 0.0957. The van der Waals surface area contributed by atoms with Gasteiger partial charge in [-0.25, -0.2) is 13.1 Å². The van der Waals surface area contributed by atoms with Crippen LogP contribution in [0.1, 0.15) is 31.4 Å². The number of benzene rings is 1. The van der Waals surface area contributed by atoms with Crippen molar-refractivity contribution in [1.82, 2.24) is 4.72 Å². The van der Waals surface area contributed by atoms with Gasteiger partial charge in [-0.1, -0.05) is 36.5 Å². The first-order valence-electron chi connectivity index (χ1n) is 6.74. The van der Waals surface area contributed by atoms with Gasteiger partial charge in [0.2, 0.25) is 10.0 Å². The third-order valence-electron chi connectivity index (χ3n) is 3.90. The Morgan fingerprint density at radius 1 is 1.52 bits per heavy atom. The molecule has 1 heterocycles. The Morgan fingerprint density at radius 3 is 2.76 bits per heavy atom. The highest BCUT2D eigenvalue weighted by Gasteiger charge is 2.40. The highest BCUT2D eigenvalue weighted by Crippen LogP contribution is 2.26. The molecule has 0 saturated carbocycles. The van der Waals surface area contributed by atoms with Gasteiger partial charge in [-0.2, -0.15) is 0 Å². The number of nitrogens with two attached hydrogens (primary N) is 1. The number of nitrogens with one attached hydrogen (secondary N) is 1. The summed E-state index contributed by atoms with van der Waals surface area (Å²) in [6.07, 6.45) is 0.503. The summed E-state index contributed by atoms with van der Waals surface area (Å²) < 4.78 is 33.1. The Kier molecular flexibility index (Phi) is 4.67. The Morgan fingerprint density at radius 2 is 2.19 bits per heavy atom. The van der Waals surface area contributed by atoms with Crippen LogP contribution < -0.4 is 10.5 Å². The lowest BCUT2D eigenvalue weighted by atomic mass is 9.97. The molecule has 0 aromatic heterocycles. The number of hydrogen-bond donors (Lipinski definition) is 2. The monoisotopic (exact) mass is 328 g/mol. The van der Waals surface area contributed by atoms with E-state index in [2.05, 4.69) is 4.72 Å². The maximum Gasteiger partial charge on any atom is 0.216 e. The topological polar surface area (TPSA) is 81.4 Å². The van der Waals surface area contributed by atoms with E-state index < -0.39 is 15.6 Å². The van der Waals surface area contributed by atoms with E-state index in [4.69, 9.17) is 22.7 Å². The Labute approximate surface area is 130 Å². The van der Waals surface area contributed by atoms with Gasteiger partial charge in [-0.3, -0.25) is 0 Å². The van der Waals surface area contributed by atoms with E-state index in [1.165, 1.54) is 0 Å². The molecule has 1 aliphatic rings. The quantitative estimate of drug-likeness (QED) is 0.797. The molecule has 2 rings (SSSR count). The first kappa shape index (κ1) is 16.4. The molecule has 0 radical (unpaired) electrons. The molecule has 0 amide bonds. The SMILES string of the molecule is CC1OCCC1(C)NS(=O)(=O)Cc1ccccc1C(N)=S. The number of ether oxygens (including phenoxy) is 1. The van der Waals surface area contributed by atoms with Crippen molar-refractivity contribution in [3.05, 3.63) is 35.4 Å². The molecule has 2 unspecified atom stereocenters. The predicted octanol–water partition coefficient (Wildman–Crippen LogP) is 1.31. The zero-order valence-electron chi connectivity index (χ0n) is 12.1. The van der Waals surface area contributed by atoms with Gasteiger partial charge in [-0.15, -0.1) is 0 Å². The van der Waals surface area contributed by atoms with Gasteiger partial charge in [-0.05, 0) is 25.8 Å². The summed E-state index contributed by atoms with van der Waals surface area (Å²) in [5.41, 5.74) is 6.27. The van der Waals surface area contributed by atoms with Gasteiger partial charge in [0.15, 0.2) is 0 Å². The normalized spacial score (nSPS) is 25.9. The van der Waals surface area contributed by atoms with Crippen molar-refractivity contribution in [2.24, 2.45) is 5.73 Å². The lowest BCUT2D eigenvalue weighted by Gasteiger charge is -2.28. The number of rotatable bonds is 5. The molecular formula is C14H20N2O3S2. The van der Waals surface area contributed by atoms with E-state index in [1.54, 1.807) is 24.3 Å². The van der Waals surface area contributed by atoms with Crippen molar-refractivity contribution < 1.29 is 13.2 Å². The molecule has 1 aromatic carbocycles. The molecule has 0 aliphatic carbocycles. The summed E-state index contributed by atoms with van der Waals surface area (Å²) in [5, 5.41) is 0. The van der Waals surface area contributed by atoms with Crippen molar-refractivity contribution in [2.45, 2.75) is 37.7 Å². The van der Waals surface area contributed by atoms with Crippen molar-refractivity contribution in [2.75, 3.05) is 6.61 Å². The highest BCUT2D eigenvalue weighted by atomic mass is 32.2. The fourth-order valence-corrected chi connectivity index (χ4v) is 4.36. The van der Waals surface area contributed by atoms with Gasteiger partial charge < -0.3 is 10.5 Å². The van der Waals surface area contributed by atoms with Crippen LogP contribution in [-0.2, 0) is 20.5 Å². The van der Waals surface area contributed by atoms with Crippen LogP contribution >= 0.6 is 12.2 Å². The second kappa shape index (κ2) is 6.00. The molecule has 0 spiro atoms. The van der Waals surface area contributed by atoms with Crippen molar-refractivity contribution in [3.8, 4) is 0 Å². The molecule has 1 aliphatic heterocycles. The van der Waals surface area contributed by atoms with E-state index in [0.29, 0.717) is 24.2 Å². The summed E-state index contributed by atoms with van der Waals surface area (Å²) >= 11 is 4.97. The number of thiocarbonyl (C=S) groups is 1. The van der Waals surface area contributed by atoms with Gasteiger partial charge in [0, 0.05) is 12.2 Å². The molecule has 21 heavy (non-hydrogen) atoms. The highest BCUT2D eigenvalue weighted by molar-refractivity contribution is 7.88. The number of sulfonamides is 1. The molecule has 3 N–H and O–H groups in total. The average molecular weight is 328 g/mol. The van der Waals surface area contributed by atoms with Crippen molar-refractivity contribution in [3.63, 3.8) is 0 Å². The minimum absolute atomic E-state index is 0.150. The zero-order chi connectivity index (χ0) is 15.7. The van der Waals surface area contributed by atoms with Crippen LogP contribution in [-0.4, -0.2) is 31.7 Å². The largest absolute Gasteiger partial charge is 0.389 e. The van der Waals surface area contributed by atoms with Crippen LogP contribution in [0.25, 0.3) is 0 Å². The van der Waals surface area contributed by atoms with Gasteiger partial charge in [0.25, 0.3) is 0 Å². The lowest BCUT2D eigenvalue weighted by Crippen LogP contribution is -2.50. The summed E-state index contributed by atoms with van der Waals surface area (Å²) in [4.78, 5) is 0.199. The Bertz CT molecular complexity index is 645. The van der Waals surface area contributed by atoms with E-state index >= 15 is 0 Å². The third-order valence-corrected chi connectivity index (χ3v) is 5.59. The minimum Gasteiger partial charge on any atom is -0.389 e. The van der Waals surface area contributed by atoms with Crippen LogP contribution in [0.4, 0.5) is 0 Å². The van der Waals surface area contributed by atoms with Crippen LogP contribution in [0, 0.1) is 0 Å². The van der Waals surface area contributed by atoms with Gasteiger partial charge in [0.1, 0.15) is 4.99 Å². The molecule has 1 saturated heterocycles. The average Bonchev–Trinajstić information content (AvgIpc) is 2.68. The fraction of sp³-hybridized carbons (Fsp3) is 0.500. The standard InChI is InChI=1S/C14H20N2O3S2/c1-10-14(2,7-8-19-10)16-21(17,18)9-11-5-3-4-6-12(11)13(15)20/h3-6,10,16H,7-9H2,1-2H3,(H2,15,20). The van der Waals surface area contributed by atoms with Crippen LogP contribution in [0.2, 0.25) is 0 Å².